The van der Waals surface area contributed by atoms with Crippen LogP contribution in [0.3, 0.4) is 0 Å². The molecule has 0 aliphatic carbocycles. The van der Waals surface area contributed by atoms with Gasteiger partial charge in [-0.2, -0.15) is 0 Å². The molecule has 7 heteroatoms. The predicted molar refractivity (Wildman–Crippen MR) is 97.7 cm³/mol. The van der Waals surface area contributed by atoms with Crippen LogP contribution in [0.15, 0.2) is 54.2 Å². The van der Waals surface area contributed by atoms with Crippen LogP contribution in [0.4, 0.5) is 5.69 Å². The summed E-state index contributed by atoms with van der Waals surface area (Å²) in [6, 6.07) is 11.2. The third kappa shape index (κ3) is 3.10. The number of hydrogen-bond acceptors (Lipinski definition) is 5. The number of para-hydroxylation sites is 2. The summed E-state index contributed by atoms with van der Waals surface area (Å²) in [5.41, 5.74) is 1.31. The zero-order chi connectivity index (χ0) is 17.2. The van der Waals surface area contributed by atoms with Crippen LogP contribution in [0.25, 0.3) is 5.13 Å². The molecule has 2 aromatic heterocycles. The van der Waals surface area contributed by atoms with E-state index >= 15 is 0 Å². The minimum absolute atomic E-state index is 0.0356. The highest BCUT2D eigenvalue weighted by Gasteiger charge is 2.25. The minimum Gasteiger partial charge on any atom is -0.506 e. The number of aromatic nitrogens is 2. The number of carbonyl (C=O) groups is 1. The summed E-state index contributed by atoms with van der Waals surface area (Å²) < 4.78 is 1.90. The van der Waals surface area contributed by atoms with Crippen LogP contribution >= 0.6 is 11.3 Å². The molecule has 0 unspecified atom stereocenters. The van der Waals surface area contributed by atoms with Crippen molar-refractivity contribution in [3.05, 3.63) is 59.9 Å². The quantitative estimate of drug-likeness (QED) is 0.785. The second-order valence-electron chi connectivity index (χ2n) is 5.87. The number of nitrogens with zero attached hydrogens (tertiary/aromatic N) is 4. The third-order valence-corrected chi connectivity index (χ3v) is 5.18. The first kappa shape index (κ1) is 15.7. The number of phenols is 1. The van der Waals surface area contributed by atoms with E-state index in [9.17, 15) is 9.90 Å². The molecule has 3 heterocycles. The summed E-state index contributed by atoms with van der Waals surface area (Å²) >= 11 is 1.46. The van der Waals surface area contributed by atoms with Crippen molar-refractivity contribution in [2.45, 2.75) is 0 Å². The van der Waals surface area contributed by atoms with Crippen molar-refractivity contribution in [3.8, 4) is 10.9 Å². The molecular weight excluding hydrogens is 336 g/mol. The van der Waals surface area contributed by atoms with Gasteiger partial charge in [-0.3, -0.25) is 4.79 Å². The van der Waals surface area contributed by atoms with Crippen molar-refractivity contribution in [2.24, 2.45) is 0 Å². The van der Waals surface area contributed by atoms with Crippen LogP contribution in [-0.2, 0) is 0 Å². The Morgan fingerprint density at radius 3 is 2.48 bits per heavy atom. The largest absolute Gasteiger partial charge is 0.506 e. The number of aromatic hydroxyl groups is 1. The molecule has 0 spiro atoms. The summed E-state index contributed by atoms with van der Waals surface area (Å²) in [6.07, 6.45) is 3.83. The summed E-state index contributed by atoms with van der Waals surface area (Å²) in [4.78, 5) is 21.1. The van der Waals surface area contributed by atoms with Crippen LogP contribution < -0.4 is 4.90 Å². The summed E-state index contributed by atoms with van der Waals surface area (Å²) in [5.74, 6) is 0.240. The van der Waals surface area contributed by atoms with Crippen LogP contribution in [0.1, 0.15) is 10.5 Å². The van der Waals surface area contributed by atoms with E-state index in [1.54, 1.807) is 6.07 Å². The predicted octanol–water partition coefficient (Wildman–Crippen LogP) is 2.60. The Balaban J connectivity index is 1.42. The third-order valence-electron chi connectivity index (χ3n) is 4.33. The van der Waals surface area contributed by atoms with E-state index in [0.717, 1.165) is 10.8 Å². The Morgan fingerprint density at radius 1 is 1.04 bits per heavy atom. The lowest BCUT2D eigenvalue weighted by Crippen LogP contribution is -2.48. The highest BCUT2D eigenvalue weighted by molar-refractivity contribution is 7.12. The lowest BCUT2D eigenvalue weighted by Gasteiger charge is -2.36. The summed E-state index contributed by atoms with van der Waals surface area (Å²) in [5, 5.41) is 12.6. The van der Waals surface area contributed by atoms with Gasteiger partial charge in [-0.1, -0.05) is 12.1 Å². The minimum atomic E-state index is -0.0356. The topological polar surface area (TPSA) is 61.6 Å². The molecule has 128 valence electrons. The van der Waals surface area contributed by atoms with Gasteiger partial charge < -0.3 is 19.5 Å². The second-order valence-corrected chi connectivity index (χ2v) is 6.71. The zero-order valence-corrected chi connectivity index (χ0v) is 14.4. The van der Waals surface area contributed by atoms with Crippen LogP contribution in [0, 0.1) is 0 Å². The fraction of sp³-hybridized carbons (Fsp3) is 0.222. The van der Waals surface area contributed by atoms with Crippen molar-refractivity contribution in [2.75, 3.05) is 31.1 Å². The first-order valence-electron chi connectivity index (χ1n) is 8.13. The van der Waals surface area contributed by atoms with Crippen LogP contribution in [0.2, 0.25) is 0 Å². The van der Waals surface area contributed by atoms with Crippen molar-refractivity contribution in [3.63, 3.8) is 0 Å². The number of hydrogen-bond donors (Lipinski definition) is 1. The smallest absolute Gasteiger partial charge is 0.273 e. The average molecular weight is 354 g/mol. The van der Waals surface area contributed by atoms with E-state index in [1.165, 1.54) is 11.3 Å². The van der Waals surface area contributed by atoms with Gasteiger partial charge in [-0.15, -0.1) is 11.3 Å². The molecule has 25 heavy (non-hydrogen) atoms. The molecule has 0 atom stereocenters. The first-order valence-corrected chi connectivity index (χ1v) is 9.01. The molecule has 1 aliphatic rings. The highest BCUT2D eigenvalue weighted by atomic mass is 32.1. The van der Waals surface area contributed by atoms with Crippen molar-refractivity contribution in [1.82, 2.24) is 14.5 Å². The van der Waals surface area contributed by atoms with Gasteiger partial charge >= 0.3 is 0 Å². The summed E-state index contributed by atoms with van der Waals surface area (Å²) in [6.45, 7) is 2.61. The maximum atomic E-state index is 12.7. The number of phenolic OH excluding ortho intramolecular Hbond substituents is 1. The fourth-order valence-electron chi connectivity index (χ4n) is 2.99. The monoisotopic (exact) mass is 354 g/mol. The summed E-state index contributed by atoms with van der Waals surface area (Å²) in [7, 11) is 0. The Kier molecular flexibility index (Phi) is 4.15. The Labute approximate surface area is 149 Å². The van der Waals surface area contributed by atoms with Crippen molar-refractivity contribution in [1.29, 1.82) is 0 Å². The van der Waals surface area contributed by atoms with Gasteiger partial charge in [-0.05, 0) is 24.3 Å². The lowest BCUT2D eigenvalue weighted by atomic mass is 10.2. The number of anilines is 1. The molecule has 0 bridgehead atoms. The molecule has 1 fully saturated rings. The molecule has 1 saturated heterocycles. The van der Waals surface area contributed by atoms with E-state index < -0.39 is 0 Å². The molecule has 6 nitrogen and oxygen atoms in total. The Hall–Kier alpha value is -2.80. The number of thiazole rings is 1. The molecule has 0 radical (unpaired) electrons. The van der Waals surface area contributed by atoms with E-state index in [4.69, 9.17) is 0 Å². The van der Waals surface area contributed by atoms with E-state index in [2.05, 4.69) is 9.88 Å². The van der Waals surface area contributed by atoms with Gasteiger partial charge in [0, 0.05) is 44.0 Å². The maximum absolute atomic E-state index is 12.7. The van der Waals surface area contributed by atoms with Crippen molar-refractivity contribution < 1.29 is 9.90 Å². The standard InChI is InChI=1S/C18H18N4O2S/c23-16-6-2-1-5-15(16)20-9-11-21(12-10-20)17(24)14-13-25-18(19-14)22-7-3-4-8-22/h1-8,13,23H,9-12H2. The SMILES string of the molecule is O=C(c1csc(-n2cccc2)n1)N1CCN(c2ccccc2O)CC1. The Morgan fingerprint density at radius 2 is 1.76 bits per heavy atom. The van der Waals surface area contributed by atoms with Gasteiger partial charge in [0.25, 0.3) is 5.91 Å². The van der Waals surface area contributed by atoms with E-state index in [0.29, 0.717) is 31.9 Å². The highest BCUT2D eigenvalue weighted by Crippen LogP contribution is 2.27. The second kappa shape index (κ2) is 6.60. The van der Waals surface area contributed by atoms with Gasteiger partial charge in [0.15, 0.2) is 5.13 Å². The fourth-order valence-corrected chi connectivity index (χ4v) is 3.75. The maximum Gasteiger partial charge on any atom is 0.273 e. The number of carbonyl (C=O) groups excluding carboxylic acids is 1. The molecular formula is C18H18N4O2S. The number of benzene rings is 1. The van der Waals surface area contributed by atoms with Crippen LogP contribution in [0.5, 0.6) is 5.75 Å². The van der Waals surface area contributed by atoms with Gasteiger partial charge in [0.1, 0.15) is 11.4 Å². The van der Waals surface area contributed by atoms with Gasteiger partial charge in [-0.25, -0.2) is 4.98 Å². The van der Waals surface area contributed by atoms with E-state index in [1.807, 2.05) is 57.6 Å². The molecule has 4 rings (SSSR count). The number of rotatable bonds is 3. The van der Waals surface area contributed by atoms with Gasteiger partial charge in [0.2, 0.25) is 0 Å². The Bertz CT molecular complexity index is 867. The molecule has 1 aromatic carbocycles. The van der Waals surface area contributed by atoms with Crippen molar-refractivity contribution >= 4 is 22.9 Å². The molecule has 3 aromatic rings. The average Bonchev–Trinajstić information content (AvgIpc) is 3.33. The lowest BCUT2D eigenvalue weighted by molar-refractivity contribution is 0.0741. The van der Waals surface area contributed by atoms with Crippen LogP contribution in [-0.4, -0.2) is 51.6 Å². The number of piperazine rings is 1. The molecule has 1 aliphatic heterocycles. The van der Waals surface area contributed by atoms with E-state index in [-0.39, 0.29) is 11.7 Å². The molecule has 1 N–H and O–H groups in total. The first-order chi connectivity index (χ1) is 12.2. The molecule has 1 amide bonds. The number of amides is 1. The zero-order valence-electron chi connectivity index (χ0n) is 13.6. The normalized spacial score (nSPS) is 14.7. The molecule has 0 saturated carbocycles. The van der Waals surface area contributed by atoms with Gasteiger partial charge in [0.05, 0.1) is 5.69 Å².